The van der Waals surface area contributed by atoms with E-state index in [2.05, 4.69) is 18.4 Å². The van der Waals surface area contributed by atoms with Gasteiger partial charge in [-0.05, 0) is 36.3 Å². The summed E-state index contributed by atoms with van der Waals surface area (Å²) in [5.74, 6) is 0.0921. The topological polar surface area (TPSA) is 59.3 Å². The van der Waals surface area contributed by atoms with Crippen LogP contribution in [0.5, 0.6) is 0 Å². The molecule has 1 aromatic heterocycles. The van der Waals surface area contributed by atoms with Crippen molar-refractivity contribution >= 4 is 17.1 Å². The molecule has 2 aromatic rings. The monoisotopic (exact) mass is 391 g/mol. The van der Waals surface area contributed by atoms with Gasteiger partial charge in [0.1, 0.15) is 5.76 Å². The van der Waals surface area contributed by atoms with Crippen LogP contribution in [0, 0.1) is 17.8 Å². The Kier molecular flexibility index (Phi) is 4.38. The molecule has 0 unspecified atom stereocenters. The average molecular weight is 392 g/mol. The molecule has 2 aliphatic carbocycles. The number of Topliss-reactive ketones (excluding diaryl/α,β-unsaturated/α-hetero) is 2. The number of benzene rings is 1. The van der Waals surface area contributed by atoms with Gasteiger partial charge in [-0.3, -0.25) is 9.59 Å². The summed E-state index contributed by atoms with van der Waals surface area (Å²) in [7, 11) is 0. The van der Waals surface area contributed by atoms with E-state index in [1.54, 1.807) is 0 Å². The first-order valence-electron chi connectivity index (χ1n) is 10.3. The maximum atomic E-state index is 13.3. The molecule has 0 radical (unpaired) electrons. The number of hydrogen-bond acceptors (Lipinski definition) is 3. The van der Waals surface area contributed by atoms with Crippen molar-refractivity contribution in [1.82, 2.24) is 4.57 Å². The van der Waals surface area contributed by atoms with E-state index in [-0.39, 0.29) is 28.2 Å². The Hall–Kier alpha value is -2.62. The van der Waals surface area contributed by atoms with Crippen LogP contribution in [0.1, 0.15) is 74.3 Å². The molecule has 2 aliphatic rings. The number of carbonyl (C=O) groups excluding carboxylic acids is 2. The summed E-state index contributed by atoms with van der Waals surface area (Å²) in [6, 6.07) is 9.95. The van der Waals surface area contributed by atoms with Crippen molar-refractivity contribution in [3.63, 3.8) is 0 Å². The van der Waals surface area contributed by atoms with E-state index in [9.17, 15) is 14.7 Å². The van der Waals surface area contributed by atoms with Gasteiger partial charge >= 0.3 is 0 Å². The minimum Gasteiger partial charge on any atom is -0.512 e. The summed E-state index contributed by atoms with van der Waals surface area (Å²) in [5.41, 5.74) is 3.97. The van der Waals surface area contributed by atoms with E-state index in [0.717, 1.165) is 23.5 Å². The Morgan fingerprint density at radius 2 is 1.41 bits per heavy atom. The number of ketones is 2. The fraction of sp³-hybridized carbons (Fsp3) is 0.440. The van der Waals surface area contributed by atoms with Crippen LogP contribution in [0.2, 0.25) is 0 Å². The molecule has 0 saturated heterocycles. The minimum absolute atomic E-state index is 0.0574. The first-order chi connectivity index (χ1) is 13.5. The molecular weight excluding hydrogens is 362 g/mol. The fourth-order valence-corrected chi connectivity index (χ4v) is 5.06. The molecule has 0 atom stereocenters. The zero-order chi connectivity index (χ0) is 21.1. The summed E-state index contributed by atoms with van der Waals surface area (Å²) in [4.78, 5) is 26.4. The largest absolute Gasteiger partial charge is 0.512 e. The summed E-state index contributed by atoms with van der Waals surface area (Å²) < 4.78 is 2.11. The van der Waals surface area contributed by atoms with Crippen LogP contribution in [0.4, 0.5) is 0 Å². The summed E-state index contributed by atoms with van der Waals surface area (Å²) in [6.07, 6.45) is 2.01. The highest BCUT2D eigenvalue weighted by Crippen LogP contribution is 2.46. The third-order valence-corrected chi connectivity index (χ3v) is 6.19. The number of nitrogens with zero attached hydrogens (tertiary/aromatic N) is 1. The highest BCUT2D eigenvalue weighted by Gasteiger charge is 2.42. The van der Waals surface area contributed by atoms with Crippen LogP contribution in [-0.2, 0) is 11.2 Å². The predicted octanol–water partition coefficient (Wildman–Crippen LogP) is 5.60. The Balaban J connectivity index is 2.04. The highest BCUT2D eigenvalue weighted by atomic mass is 16.3. The molecule has 29 heavy (non-hydrogen) atoms. The van der Waals surface area contributed by atoms with Gasteiger partial charge in [0.25, 0.3) is 0 Å². The lowest BCUT2D eigenvalue weighted by molar-refractivity contribution is -0.116. The third-order valence-electron chi connectivity index (χ3n) is 6.19. The maximum absolute atomic E-state index is 13.3. The van der Waals surface area contributed by atoms with E-state index in [0.29, 0.717) is 36.0 Å². The van der Waals surface area contributed by atoms with E-state index in [1.807, 2.05) is 51.1 Å². The molecule has 0 saturated carbocycles. The zero-order valence-electron chi connectivity index (χ0n) is 17.9. The second-order valence-corrected chi connectivity index (χ2v) is 10.2. The van der Waals surface area contributed by atoms with Crippen molar-refractivity contribution in [1.29, 1.82) is 0 Å². The molecule has 4 heteroatoms. The predicted molar refractivity (Wildman–Crippen MR) is 115 cm³/mol. The Morgan fingerprint density at radius 3 is 2.03 bits per heavy atom. The lowest BCUT2D eigenvalue weighted by atomic mass is 9.72. The second kappa shape index (κ2) is 6.45. The van der Waals surface area contributed by atoms with Crippen LogP contribution < -0.4 is 0 Å². The zero-order valence-corrected chi connectivity index (χ0v) is 17.9. The van der Waals surface area contributed by atoms with Gasteiger partial charge in [-0.2, -0.15) is 0 Å². The summed E-state index contributed by atoms with van der Waals surface area (Å²) >= 11 is 0. The van der Waals surface area contributed by atoms with Gasteiger partial charge in [-0.25, -0.2) is 0 Å². The normalized spacial score (nSPS) is 20.7. The van der Waals surface area contributed by atoms with Crippen LogP contribution in [0.15, 0.2) is 36.1 Å². The first-order valence-corrected chi connectivity index (χ1v) is 10.3. The lowest BCUT2D eigenvalue weighted by Gasteiger charge is -2.31. The molecule has 1 heterocycles. The summed E-state index contributed by atoms with van der Waals surface area (Å²) in [6.45, 7) is 10.1. The van der Waals surface area contributed by atoms with Gasteiger partial charge in [0.05, 0.1) is 5.57 Å². The number of carbonyl (C=O) groups is 2. The van der Waals surface area contributed by atoms with Crippen LogP contribution in [-0.4, -0.2) is 21.2 Å². The molecule has 4 nitrogen and oxygen atoms in total. The van der Waals surface area contributed by atoms with E-state index < -0.39 is 0 Å². The van der Waals surface area contributed by atoms with Gasteiger partial charge in [-0.15, -0.1) is 0 Å². The molecule has 4 rings (SSSR count). The number of hydrogen-bond donors (Lipinski definition) is 1. The van der Waals surface area contributed by atoms with Crippen LogP contribution in [0.3, 0.4) is 0 Å². The van der Waals surface area contributed by atoms with Crippen molar-refractivity contribution < 1.29 is 14.7 Å². The number of aromatic nitrogens is 1. The first kappa shape index (κ1) is 19.7. The third kappa shape index (κ3) is 3.25. The van der Waals surface area contributed by atoms with E-state index in [4.69, 9.17) is 0 Å². The Morgan fingerprint density at radius 1 is 0.828 bits per heavy atom. The standard InChI is InChI=1S/C25H29NO3/c1-15-21(23-19(28)13-25(4,5)14-20(23)29)22-17(11-24(2,3)12-18(22)27)26(15)16-9-7-6-8-10-16/h6-10,28H,11-14H2,1-5H3. The van der Waals surface area contributed by atoms with E-state index in [1.165, 1.54) is 0 Å². The van der Waals surface area contributed by atoms with Crippen molar-refractivity contribution in [2.75, 3.05) is 0 Å². The Labute approximate surface area is 172 Å². The number of para-hydroxylation sites is 1. The molecular formula is C25H29NO3. The number of aliphatic hydroxyl groups excluding tert-OH is 1. The minimum atomic E-state index is -0.271. The smallest absolute Gasteiger partial charge is 0.167 e. The highest BCUT2D eigenvalue weighted by molar-refractivity contribution is 6.25. The van der Waals surface area contributed by atoms with Crippen molar-refractivity contribution in [2.24, 2.45) is 10.8 Å². The SMILES string of the molecule is Cc1c(C2=C(O)CC(C)(C)CC2=O)c2c(n1-c1ccccc1)CC(C)(C)CC2=O. The summed E-state index contributed by atoms with van der Waals surface area (Å²) in [5, 5.41) is 10.9. The molecule has 1 N–H and O–H groups in total. The van der Waals surface area contributed by atoms with Gasteiger partial charge in [0.2, 0.25) is 0 Å². The van der Waals surface area contributed by atoms with Gasteiger partial charge in [0, 0.05) is 47.5 Å². The van der Waals surface area contributed by atoms with Gasteiger partial charge in [0.15, 0.2) is 11.6 Å². The quantitative estimate of drug-likeness (QED) is 0.725. The van der Waals surface area contributed by atoms with Crippen molar-refractivity contribution in [3.05, 3.63) is 58.6 Å². The van der Waals surface area contributed by atoms with Crippen LogP contribution in [0.25, 0.3) is 11.3 Å². The molecule has 0 aliphatic heterocycles. The van der Waals surface area contributed by atoms with Crippen molar-refractivity contribution in [2.45, 2.75) is 60.3 Å². The maximum Gasteiger partial charge on any atom is 0.167 e. The van der Waals surface area contributed by atoms with Gasteiger partial charge in [-0.1, -0.05) is 45.9 Å². The number of fused-ring (bicyclic) bond motifs is 1. The molecule has 0 spiro atoms. The molecule has 0 bridgehead atoms. The fourth-order valence-electron chi connectivity index (χ4n) is 5.06. The lowest BCUT2D eigenvalue weighted by Crippen LogP contribution is -2.29. The average Bonchev–Trinajstić information content (AvgIpc) is 2.85. The number of aliphatic hydroxyl groups is 1. The molecule has 0 amide bonds. The molecule has 0 fully saturated rings. The van der Waals surface area contributed by atoms with Gasteiger partial charge < -0.3 is 9.67 Å². The van der Waals surface area contributed by atoms with E-state index >= 15 is 0 Å². The Bertz CT molecular complexity index is 1050. The molecule has 1 aromatic carbocycles. The number of allylic oxidation sites excluding steroid dienone is 2. The van der Waals surface area contributed by atoms with Crippen LogP contribution >= 0.6 is 0 Å². The number of rotatable bonds is 2. The van der Waals surface area contributed by atoms with Crippen molar-refractivity contribution in [3.8, 4) is 5.69 Å². The molecule has 152 valence electrons. The second-order valence-electron chi connectivity index (χ2n) is 10.2.